The zero-order valence-corrected chi connectivity index (χ0v) is 21.8. The Hall–Kier alpha value is -3.64. The van der Waals surface area contributed by atoms with Crippen LogP contribution < -0.4 is 0 Å². The molecule has 1 heterocycles. The van der Waals surface area contributed by atoms with Crippen molar-refractivity contribution in [1.82, 2.24) is 4.57 Å². The molecule has 0 fully saturated rings. The van der Waals surface area contributed by atoms with Crippen LogP contribution in [0.25, 0.3) is 0 Å². The number of nitrogens with zero attached hydrogens (tertiary/aromatic N) is 2. The largest absolute Gasteiger partial charge is 0.454 e. The molecule has 2 aromatic carbocycles. The average molecular weight is 551 g/mol. The Morgan fingerprint density at radius 1 is 1.08 bits per heavy atom. The molecule has 0 aliphatic carbocycles. The van der Waals surface area contributed by atoms with E-state index in [0.717, 1.165) is 29.6 Å². The maximum atomic E-state index is 13.0. The maximum absolute atomic E-state index is 13.0. The Morgan fingerprint density at radius 3 is 2.39 bits per heavy atom. The normalized spacial score (nSPS) is 12.3. The molecule has 0 unspecified atom stereocenters. The van der Waals surface area contributed by atoms with Gasteiger partial charge in [0.25, 0.3) is 5.69 Å². The first-order valence-electron chi connectivity index (χ1n) is 11.3. The molecule has 12 heteroatoms. The molecule has 38 heavy (non-hydrogen) atoms. The van der Waals surface area contributed by atoms with E-state index < -0.39 is 40.7 Å². The van der Waals surface area contributed by atoms with Gasteiger partial charge in [0.1, 0.15) is 0 Å². The summed E-state index contributed by atoms with van der Waals surface area (Å²) in [5.74, 6) is -1.26. The van der Waals surface area contributed by atoms with Gasteiger partial charge in [-0.25, -0.2) is 4.79 Å². The maximum Gasteiger partial charge on any atom is 0.416 e. The molecule has 0 bridgehead atoms. The standard InChI is InChI=1S/C26H25F3N2O6S/c1-15-11-20(17(3)30(15)16(2)13-36-4)22(32)14-37-25(33)19-7-5-6-8-23(19)38-24-10-9-18(26(27,28)29)12-21(24)31(34)35/h5-12,16H,13-14H2,1-4H3/t16-/m0/s1. The third-order valence-corrected chi connectivity index (χ3v) is 6.92. The summed E-state index contributed by atoms with van der Waals surface area (Å²) < 4.78 is 51.5. The van der Waals surface area contributed by atoms with Crippen LogP contribution >= 0.6 is 11.8 Å². The number of ether oxygens (including phenoxy) is 2. The number of aromatic nitrogens is 1. The number of hydrogen-bond donors (Lipinski definition) is 0. The van der Waals surface area contributed by atoms with Gasteiger partial charge in [0.05, 0.1) is 33.6 Å². The fourth-order valence-corrected chi connectivity index (χ4v) is 5.12. The van der Waals surface area contributed by atoms with E-state index in [0.29, 0.717) is 23.9 Å². The number of methoxy groups -OCH3 is 1. The number of hydrogen-bond acceptors (Lipinski definition) is 7. The number of ketones is 1. The first kappa shape index (κ1) is 28.9. The number of carbonyl (C=O) groups excluding carboxylic acids is 2. The Balaban J connectivity index is 1.80. The highest BCUT2D eigenvalue weighted by Gasteiger charge is 2.33. The summed E-state index contributed by atoms with van der Waals surface area (Å²) in [6, 6.07) is 9.86. The highest BCUT2D eigenvalue weighted by atomic mass is 32.2. The summed E-state index contributed by atoms with van der Waals surface area (Å²) in [6.45, 7) is 5.51. The van der Waals surface area contributed by atoms with Gasteiger partial charge >= 0.3 is 12.1 Å². The van der Waals surface area contributed by atoms with Crippen molar-refractivity contribution in [2.24, 2.45) is 0 Å². The van der Waals surface area contributed by atoms with Crippen LogP contribution in [0.3, 0.4) is 0 Å². The van der Waals surface area contributed by atoms with Crippen LogP contribution in [0.5, 0.6) is 0 Å². The van der Waals surface area contributed by atoms with Crippen LogP contribution in [-0.2, 0) is 15.7 Å². The van der Waals surface area contributed by atoms with Gasteiger partial charge < -0.3 is 14.0 Å². The summed E-state index contributed by atoms with van der Waals surface area (Å²) in [7, 11) is 1.59. The number of Topliss-reactive ketones (excluding diaryl/α,β-unsaturated/α-hetero) is 1. The van der Waals surface area contributed by atoms with Crippen LogP contribution in [0, 0.1) is 24.0 Å². The van der Waals surface area contributed by atoms with E-state index in [4.69, 9.17) is 9.47 Å². The minimum Gasteiger partial charge on any atom is -0.454 e. The van der Waals surface area contributed by atoms with Crippen molar-refractivity contribution in [3.63, 3.8) is 0 Å². The Kier molecular flexibility index (Phi) is 9.00. The first-order valence-corrected chi connectivity index (χ1v) is 12.2. The minimum atomic E-state index is -4.75. The van der Waals surface area contributed by atoms with Crippen LogP contribution in [0.1, 0.15) is 50.6 Å². The second-order valence-electron chi connectivity index (χ2n) is 8.49. The van der Waals surface area contributed by atoms with Crippen LogP contribution in [0.15, 0.2) is 58.3 Å². The fourth-order valence-electron chi connectivity index (χ4n) is 4.11. The van der Waals surface area contributed by atoms with Gasteiger partial charge in [-0.3, -0.25) is 14.9 Å². The molecule has 0 aliphatic heterocycles. The summed E-state index contributed by atoms with van der Waals surface area (Å²) in [6.07, 6.45) is -4.75. The van der Waals surface area contributed by atoms with Crippen molar-refractivity contribution < 1.29 is 37.2 Å². The van der Waals surface area contributed by atoms with Crippen LogP contribution in [0.2, 0.25) is 0 Å². The quantitative estimate of drug-likeness (QED) is 0.124. The van der Waals surface area contributed by atoms with E-state index in [-0.39, 0.29) is 21.4 Å². The van der Waals surface area contributed by atoms with Gasteiger partial charge in [-0.2, -0.15) is 13.2 Å². The number of nitro benzene ring substituents is 1. The molecule has 3 aromatic rings. The number of halogens is 3. The molecule has 1 aromatic heterocycles. The van der Waals surface area contributed by atoms with Gasteiger partial charge in [-0.15, -0.1) is 0 Å². The topological polar surface area (TPSA) is 101 Å². The van der Waals surface area contributed by atoms with Gasteiger partial charge in [-0.05, 0) is 51.1 Å². The van der Waals surface area contributed by atoms with Gasteiger partial charge in [-0.1, -0.05) is 23.9 Å². The highest BCUT2D eigenvalue weighted by Crippen LogP contribution is 2.40. The Morgan fingerprint density at radius 2 is 1.76 bits per heavy atom. The fraction of sp³-hybridized carbons (Fsp3) is 0.308. The third kappa shape index (κ3) is 6.43. The number of aryl methyl sites for hydroxylation is 1. The molecule has 1 atom stereocenters. The zero-order valence-electron chi connectivity index (χ0n) is 21.0. The smallest absolute Gasteiger partial charge is 0.416 e. The van der Waals surface area contributed by atoms with E-state index in [1.807, 2.05) is 18.4 Å². The summed E-state index contributed by atoms with van der Waals surface area (Å²) in [5, 5.41) is 11.4. The van der Waals surface area contributed by atoms with E-state index in [1.165, 1.54) is 18.2 Å². The Bertz CT molecular complexity index is 1370. The summed E-state index contributed by atoms with van der Waals surface area (Å²) in [5.41, 5.74) is 0.0669. The first-order chi connectivity index (χ1) is 17.8. The number of carbonyl (C=O) groups is 2. The van der Waals surface area contributed by atoms with Crippen molar-refractivity contribution in [2.75, 3.05) is 20.3 Å². The zero-order chi connectivity index (χ0) is 28.2. The molecule has 0 saturated heterocycles. The molecule has 0 N–H and O–H groups in total. The molecular formula is C26H25F3N2O6S. The van der Waals surface area contributed by atoms with Gasteiger partial charge in [0.2, 0.25) is 5.78 Å². The monoisotopic (exact) mass is 550 g/mol. The van der Waals surface area contributed by atoms with E-state index in [2.05, 4.69) is 0 Å². The predicted octanol–water partition coefficient (Wildman–Crippen LogP) is 6.43. The second-order valence-corrected chi connectivity index (χ2v) is 9.58. The number of rotatable bonds is 10. The highest BCUT2D eigenvalue weighted by molar-refractivity contribution is 7.99. The summed E-state index contributed by atoms with van der Waals surface area (Å²) >= 11 is 0.753. The third-order valence-electron chi connectivity index (χ3n) is 5.78. The number of esters is 1. The lowest BCUT2D eigenvalue weighted by atomic mass is 10.1. The van der Waals surface area contributed by atoms with E-state index in [9.17, 15) is 32.9 Å². The second kappa shape index (κ2) is 11.8. The lowest BCUT2D eigenvalue weighted by Gasteiger charge is -2.17. The van der Waals surface area contributed by atoms with Crippen LogP contribution in [0.4, 0.5) is 18.9 Å². The van der Waals surface area contributed by atoms with Crippen molar-refractivity contribution in [3.05, 3.63) is 86.7 Å². The van der Waals surface area contributed by atoms with E-state index >= 15 is 0 Å². The molecule has 0 spiro atoms. The van der Waals surface area contributed by atoms with Crippen LogP contribution in [-0.4, -0.2) is 41.6 Å². The molecular weight excluding hydrogens is 525 g/mol. The predicted molar refractivity (Wildman–Crippen MR) is 134 cm³/mol. The van der Waals surface area contributed by atoms with Crippen molar-refractivity contribution in [1.29, 1.82) is 0 Å². The summed E-state index contributed by atoms with van der Waals surface area (Å²) in [4.78, 5) is 36.4. The molecule has 202 valence electrons. The number of nitro groups is 1. The lowest BCUT2D eigenvalue weighted by Crippen LogP contribution is -2.17. The van der Waals surface area contributed by atoms with Crippen molar-refractivity contribution in [3.8, 4) is 0 Å². The molecule has 0 saturated carbocycles. The van der Waals surface area contributed by atoms with Gasteiger partial charge in [0, 0.05) is 35.0 Å². The van der Waals surface area contributed by atoms with E-state index in [1.54, 1.807) is 26.2 Å². The van der Waals surface area contributed by atoms with Crippen molar-refractivity contribution >= 4 is 29.2 Å². The number of benzene rings is 2. The van der Waals surface area contributed by atoms with Crippen molar-refractivity contribution in [2.45, 2.75) is 42.8 Å². The average Bonchev–Trinajstić information content (AvgIpc) is 3.16. The molecule has 0 aliphatic rings. The number of alkyl halides is 3. The minimum absolute atomic E-state index is 0.0118. The molecule has 3 rings (SSSR count). The molecule has 0 amide bonds. The SMILES string of the molecule is COC[C@H](C)n1c(C)cc(C(=O)COC(=O)c2ccccc2Sc2ccc(C(F)(F)F)cc2[N+](=O)[O-])c1C. The lowest BCUT2D eigenvalue weighted by molar-refractivity contribution is -0.388. The molecule has 8 nitrogen and oxygen atoms in total. The van der Waals surface area contributed by atoms with Gasteiger partial charge in [0.15, 0.2) is 6.61 Å². The Labute approximate surface area is 220 Å². The molecule has 0 radical (unpaired) electrons.